The standard InChI is InChI=1S/C30H28FN5O3/c1-3-39-29(38)24-18-33-36-26(24)32-17-23(27(36)34-22-10-8-21(31)9-11-22)28(37)35-14-12-30(13-15-35)19(2)16-20-6-4-5-7-25(20)30/h4-11,16-18,34H,3,12-15H2,1-2H3. The van der Waals surface area contributed by atoms with E-state index in [4.69, 9.17) is 4.74 Å². The lowest BCUT2D eigenvalue weighted by Crippen LogP contribution is -2.45. The van der Waals surface area contributed by atoms with Gasteiger partial charge >= 0.3 is 5.97 Å². The second-order valence-corrected chi connectivity index (χ2v) is 9.96. The van der Waals surface area contributed by atoms with Crippen LogP contribution in [0.25, 0.3) is 11.7 Å². The molecular weight excluding hydrogens is 497 g/mol. The third-order valence-electron chi connectivity index (χ3n) is 7.87. The van der Waals surface area contributed by atoms with Crippen LogP contribution >= 0.6 is 0 Å². The highest BCUT2D eigenvalue weighted by Crippen LogP contribution is 2.48. The molecule has 2 aromatic heterocycles. The van der Waals surface area contributed by atoms with Crippen molar-refractivity contribution < 1.29 is 18.7 Å². The summed E-state index contributed by atoms with van der Waals surface area (Å²) in [6.07, 6.45) is 6.75. The number of allylic oxidation sites excluding steroid dienone is 1. The largest absolute Gasteiger partial charge is 0.462 e. The van der Waals surface area contributed by atoms with E-state index in [2.05, 4.69) is 52.7 Å². The quantitative estimate of drug-likeness (QED) is 0.352. The van der Waals surface area contributed by atoms with Crippen LogP contribution < -0.4 is 5.32 Å². The summed E-state index contributed by atoms with van der Waals surface area (Å²) in [6, 6.07) is 14.3. The van der Waals surface area contributed by atoms with Crippen LogP contribution in [0.1, 0.15) is 58.5 Å². The first-order chi connectivity index (χ1) is 18.9. The zero-order valence-corrected chi connectivity index (χ0v) is 21.8. The van der Waals surface area contributed by atoms with E-state index >= 15 is 0 Å². The highest BCUT2D eigenvalue weighted by atomic mass is 19.1. The summed E-state index contributed by atoms with van der Waals surface area (Å²) in [5.41, 5.74) is 5.19. The molecule has 2 aliphatic rings. The number of anilines is 2. The molecule has 1 amide bonds. The van der Waals surface area contributed by atoms with Crippen LogP contribution in [0.3, 0.4) is 0 Å². The Bertz CT molecular complexity index is 1620. The summed E-state index contributed by atoms with van der Waals surface area (Å²) >= 11 is 0. The van der Waals surface area contributed by atoms with Crippen molar-refractivity contribution in [1.29, 1.82) is 0 Å². The van der Waals surface area contributed by atoms with Gasteiger partial charge in [-0.2, -0.15) is 9.61 Å². The first kappa shape index (κ1) is 24.8. The maximum absolute atomic E-state index is 13.9. The number of ether oxygens (including phenoxy) is 1. The zero-order valence-electron chi connectivity index (χ0n) is 21.8. The number of halogens is 1. The number of carbonyl (C=O) groups excluding carboxylic acids is 2. The molecule has 1 aliphatic carbocycles. The summed E-state index contributed by atoms with van der Waals surface area (Å²) in [5.74, 6) is -0.770. The number of nitrogens with one attached hydrogen (secondary N) is 1. The summed E-state index contributed by atoms with van der Waals surface area (Å²) in [7, 11) is 0. The molecule has 0 atom stereocenters. The molecule has 2 aromatic carbocycles. The van der Waals surface area contributed by atoms with Crippen LogP contribution in [0.4, 0.5) is 15.9 Å². The molecule has 9 heteroatoms. The predicted molar refractivity (Wildman–Crippen MR) is 146 cm³/mol. The molecule has 1 fully saturated rings. The number of hydrogen-bond acceptors (Lipinski definition) is 6. The lowest BCUT2D eigenvalue weighted by molar-refractivity contribution is 0.0528. The second-order valence-electron chi connectivity index (χ2n) is 9.96. The number of aromatic nitrogens is 3. The fourth-order valence-electron chi connectivity index (χ4n) is 5.80. The molecule has 0 radical (unpaired) electrons. The van der Waals surface area contributed by atoms with Crippen molar-refractivity contribution in [2.75, 3.05) is 25.0 Å². The minimum absolute atomic E-state index is 0.0543. The molecular formula is C30H28FN5O3. The minimum atomic E-state index is -0.548. The molecule has 198 valence electrons. The lowest BCUT2D eigenvalue weighted by Gasteiger charge is -2.41. The van der Waals surface area contributed by atoms with E-state index < -0.39 is 5.97 Å². The van der Waals surface area contributed by atoms with E-state index in [0.717, 1.165) is 12.8 Å². The SMILES string of the molecule is CCOC(=O)c1cnn2c(Nc3ccc(F)cc3)c(C(=O)N3CCC4(CC3)C(C)=Cc3ccccc34)cnc12. The van der Waals surface area contributed by atoms with Crippen LogP contribution in [0.15, 0.2) is 66.5 Å². The fraction of sp³-hybridized carbons (Fsp3) is 0.267. The van der Waals surface area contributed by atoms with E-state index in [1.54, 1.807) is 19.1 Å². The maximum Gasteiger partial charge on any atom is 0.343 e. The predicted octanol–water partition coefficient (Wildman–Crippen LogP) is 5.38. The smallest absolute Gasteiger partial charge is 0.343 e. The molecule has 1 aliphatic heterocycles. The monoisotopic (exact) mass is 525 g/mol. The number of hydrogen-bond donors (Lipinski definition) is 1. The Morgan fingerprint density at radius 1 is 1.05 bits per heavy atom. The van der Waals surface area contributed by atoms with Gasteiger partial charge in [0.25, 0.3) is 5.91 Å². The molecule has 0 saturated carbocycles. The number of esters is 1. The van der Waals surface area contributed by atoms with E-state index in [1.807, 2.05) is 4.90 Å². The van der Waals surface area contributed by atoms with Crippen LogP contribution in [-0.2, 0) is 10.2 Å². The Hall–Kier alpha value is -4.53. The maximum atomic E-state index is 13.9. The van der Waals surface area contributed by atoms with Crippen molar-refractivity contribution in [1.82, 2.24) is 19.5 Å². The van der Waals surface area contributed by atoms with E-state index in [9.17, 15) is 14.0 Å². The summed E-state index contributed by atoms with van der Waals surface area (Å²) in [6.45, 7) is 5.28. The van der Waals surface area contributed by atoms with Gasteiger partial charge in [-0.15, -0.1) is 0 Å². The number of rotatable bonds is 5. The van der Waals surface area contributed by atoms with Crippen molar-refractivity contribution in [3.05, 3.63) is 94.6 Å². The average Bonchev–Trinajstić information content (AvgIpc) is 3.50. The first-order valence-electron chi connectivity index (χ1n) is 13.1. The molecule has 6 rings (SSSR count). The van der Waals surface area contributed by atoms with E-state index in [-0.39, 0.29) is 35.0 Å². The molecule has 3 heterocycles. The van der Waals surface area contributed by atoms with Gasteiger partial charge in [0.1, 0.15) is 22.8 Å². The Kier molecular flexibility index (Phi) is 6.13. The van der Waals surface area contributed by atoms with Gasteiger partial charge in [-0.1, -0.05) is 35.9 Å². The van der Waals surface area contributed by atoms with E-state index in [1.165, 1.54) is 45.7 Å². The molecule has 1 spiro atoms. The normalized spacial score (nSPS) is 15.8. The van der Waals surface area contributed by atoms with Crippen molar-refractivity contribution in [3.8, 4) is 0 Å². The number of fused-ring (bicyclic) bond motifs is 3. The second kappa shape index (κ2) is 9.65. The van der Waals surface area contributed by atoms with Gasteiger partial charge in [0.2, 0.25) is 0 Å². The van der Waals surface area contributed by atoms with Gasteiger partial charge in [-0.05, 0) is 62.1 Å². The van der Waals surface area contributed by atoms with Gasteiger partial charge in [0, 0.05) is 30.4 Å². The van der Waals surface area contributed by atoms with Gasteiger partial charge in [0.15, 0.2) is 5.65 Å². The molecule has 1 N–H and O–H groups in total. The van der Waals surface area contributed by atoms with Crippen LogP contribution in [0.2, 0.25) is 0 Å². The number of amides is 1. The summed E-state index contributed by atoms with van der Waals surface area (Å²) in [4.78, 5) is 32.7. The first-order valence-corrected chi connectivity index (χ1v) is 13.1. The summed E-state index contributed by atoms with van der Waals surface area (Å²) in [5, 5.41) is 7.56. The number of carbonyl (C=O) groups is 2. The van der Waals surface area contributed by atoms with Gasteiger partial charge in [-0.25, -0.2) is 14.2 Å². The Labute approximate surface area is 225 Å². The highest BCUT2D eigenvalue weighted by Gasteiger charge is 2.43. The third-order valence-corrected chi connectivity index (χ3v) is 7.87. The molecule has 0 bridgehead atoms. The average molecular weight is 526 g/mol. The molecule has 39 heavy (non-hydrogen) atoms. The molecule has 8 nitrogen and oxygen atoms in total. The van der Waals surface area contributed by atoms with E-state index in [0.29, 0.717) is 30.2 Å². The van der Waals surface area contributed by atoms with Crippen molar-refractivity contribution in [3.63, 3.8) is 0 Å². The lowest BCUT2D eigenvalue weighted by atomic mass is 9.70. The number of likely N-dealkylation sites (tertiary alicyclic amines) is 1. The molecule has 4 aromatic rings. The van der Waals surface area contributed by atoms with Crippen LogP contribution in [-0.4, -0.2) is 51.1 Å². The zero-order chi connectivity index (χ0) is 27.1. The highest BCUT2D eigenvalue weighted by molar-refractivity contribution is 6.01. The van der Waals surface area contributed by atoms with Crippen LogP contribution in [0.5, 0.6) is 0 Å². The Morgan fingerprint density at radius 2 is 1.79 bits per heavy atom. The van der Waals surface area contributed by atoms with Crippen molar-refractivity contribution in [2.24, 2.45) is 0 Å². The minimum Gasteiger partial charge on any atom is -0.462 e. The Balaban J connectivity index is 1.34. The number of benzene rings is 2. The van der Waals surface area contributed by atoms with Crippen LogP contribution in [0, 0.1) is 5.82 Å². The van der Waals surface area contributed by atoms with Gasteiger partial charge in [-0.3, -0.25) is 4.79 Å². The molecule has 0 unspecified atom stereocenters. The Morgan fingerprint density at radius 3 is 2.54 bits per heavy atom. The van der Waals surface area contributed by atoms with Gasteiger partial charge in [0.05, 0.1) is 12.8 Å². The molecule has 1 saturated heterocycles. The van der Waals surface area contributed by atoms with Gasteiger partial charge < -0.3 is 15.0 Å². The van der Waals surface area contributed by atoms with Crippen molar-refractivity contribution >= 4 is 35.1 Å². The third kappa shape index (κ3) is 4.14. The topological polar surface area (TPSA) is 88.8 Å². The fourth-order valence-corrected chi connectivity index (χ4v) is 5.80. The number of nitrogens with zero attached hydrogens (tertiary/aromatic N) is 4. The van der Waals surface area contributed by atoms with Crippen molar-refractivity contribution in [2.45, 2.75) is 32.1 Å². The number of piperidine rings is 1. The summed E-state index contributed by atoms with van der Waals surface area (Å²) < 4.78 is 20.1.